The molecule has 0 saturated heterocycles. The minimum Gasteiger partial charge on any atom is -0.493 e. The van der Waals surface area contributed by atoms with Gasteiger partial charge < -0.3 is 9.47 Å². The zero-order chi connectivity index (χ0) is 12.3. The molecule has 94 valence electrons. The predicted molar refractivity (Wildman–Crippen MR) is 66.4 cm³/mol. The summed E-state index contributed by atoms with van der Waals surface area (Å²) in [7, 11) is 1.64. The van der Waals surface area contributed by atoms with E-state index in [2.05, 4.69) is 0 Å². The third kappa shape index (κ3) is 1.17. The normalized spacial score (nSPS) is 34.9. The zero-order valence-electron chi connectivity index (χ0n) is 10.4. The zero-order valence-corrected chi connectivity index (χ0v) is 10.4. The molecule has 1 aromatic carbocycles. The average Bonchev–Trinajstić information content (AvgIpc) is 3.08. The van der Waals surface area contributed by atoms with Crippen LogP contribution < -0.4 is 9.47 Å². The lowest BCUT2D eigenvalue weighted by Crippen LogP contribution is -2.25. The van der Waals surface area contributed by atoms with Crippen LogP contribution in [0.3, 0.4) is 0 Å². The lowest BCUT2D eigenvalue weighted by molar-refractivity contribution is 0.112. The van der Waals surface area contributed by atoms with Gasteiger partial charge in [-0.05, 0) is 43.2 Å². The van der Waals surface area contributed by atoms with Gasteiger partial charge in [-0.2, -0.15) is 0 Å². The third-order valence-electron chi connectivity index (χ3n) is 4.92. The molecule has 3 aliphatic rings. The van der Waals surface area contributed by atoms with Gasteiger partial charge in [-0.3, -0.25) is 4.79 Å². The van der Waals surface area contributed by atoms with Gasteiger partial charge in [-0.25, -0.2) is 0 Å². The fourth-order valence-corrected chi connectivity index (χ4v) is 4.21. The molecule has 2 saturated carbocycles. The highest BCUT2D eigenvalue weighted by Gasteiger charge is 2.54. The van der Waals surface area contributed by atoms with Crippen LogP contribution in [0.25, 0.3) is 0 Å². The number of hydrogen-bond donors (Lipinski definition) is 0. The van der Waals surface area contributed by atoms with Gasteiger partial charge in [0.25, 0.3) is 0 Å². The number of methoxy groups -OCH3 is 1. The molecule has 3 nitrogen and oxygen atoms in total. The van der Waals surface area contributed by atoms with E-state index in [9.17, 15) is 4.79 Å². The van der Waals surface area contributed by atoms with Crippen molar-refractivity contribution in [2.45, 2.75) is 31.3 Å². The van der Waals surface area contributed by atoms with Crippen LogP contribution in [0, 0.1) is 11.8 Å². The van der Waals surface area contributed by atoms with Crippen LogP contribution in [0.2, 0.25) is 0 Å². The van der Waals surface area contributed by atoms with Crippen LogP contribution in [0.1, 0.15) is 41.1 Å². The molecule has 2 fully saturated rings. The second-order valence-electron chi connectivity index (χ2n) is 5.70. The maximum Gasteiger partial charge on any atom is 0.165 e. The Morgan fingerprint density at radius 3 is 2.94 bits per heavy atom. The van der Waals surface area contributed by atoms with Crippen LogP contribution in [0.5, 0.6) is 11.5 Å². The smallest absolute Gasteiger partial charge is 0.165 e. The quantitative estimate of drug-likeness (QED) is 0.750. The number of aldehydes is 1. The summed E-state index contributed by atoms with van der Waals surface area (Å²) in [5.41, 5.74) is 1.89. The molecule has 0 radical (unpaired) electrons. The Morgan fingerprint density at radius 1 is 1.33 bits per heavy atom. The van der Waals surface area contributed by atoms with Crippen LogP contribution in [0.15, 0.2) is 12.1 Å². The first-order valence-corrected chi connectivity index (χ1v) is 6.65. The molecular formula is C15H16O3. The summed E-state index contributed by atoms with van der Waals surface area (Å²) in [6, 6.07) is 3.77. The number of hydrogen-bond acceptors (Lipinski definition) is 3. The number of ether oxygens (including phenoxy) is 2. The van der Waals surface area contributed by atoms with Gasteiger partial charge >= 0.3 is 0 Å². The van der Waals surface area contributed by atoms with Gasteiger partial charge in [0.1, 0.15) is 12.4 Å². The molecule has 2 bridgehead atoms. The Labute approximate surface area is 106 Å². The molecule has 0 unspecified atom stereocenters. The van der Waals surface area contributed by atoms with E-state index in [1.807, 2.05) is 6.07 Å². The number of carbonyl (C=O) groups excluding carboxylic acids is 1. The molecular weight excluding hydrogens is 228 g/mol. The highest BCUT2D eigenvalue weighted by Crippen LogP contribution is 2.60. The topological polar surface area (TPSA) is 35.5 Å². The molecule has 0 amide bonds. The monoisotopic (exact) mass is 244 g/mol. The average molecular weight is 244 g/mol. The van der Waals surface area contributed by atoms with Gasteiger partial charge in [0.2, 0.25) is 0 Å². The van der Waals surface area contributed by atoms with Crippen molar-refractivity contribution in [3.8, 4) is 11.5 Å². The first-order valence-electron chi connectivity index (χ1n) is 6.65. The molecule has 0 N–H and O–H groups in total. The summed E-state index contributed by atoms with van der Waals surface area (Å²) >= 11 is 0. The highest BCUT2D eigenvalue weighted by atomic mass is 16.5. The third-order valence-corrected chi connectivity index (χ3v) is 4.92. The second kappa shape index (κ2) is 3.50. The van der Waals surface area contributed by atoms with Crippen molar-refractivity contribution in [1.82, 2.24) is 0 Å². The Kier molecular flexibility index (Phi) is 2.02. The molecule has 0 spiro atoms. The van der Waals surface area contributed by atoms with E-state index in [4.69, 9.17) is 9.47 Å². The van der Waals surface area contributed by atoms with Gasteiger partial charge in [0.15, 0.2) is 11.5 Å². The van der Waals surface area contributed by atoms with Crippen molar-refractivity contribution in [2.75, 3.05) is 7.11 Å². The number of fused-ring (bicyclic) bond motifs is 7. The second-order valence-corrected chi connectivity index (χ2v) is 5.70. The minimum atomic E-state index is 0.328. The van der Waals surface area contributed by atoms with Crippen molar-refractivity contribution in [1.29, 1.82) is 0 Å². The van der Waals surface area contributed by atoms with Crippen molar-refractivity contribution in [3.63, 3.8) is 0 Å². The summed E-state index contributed by atoms with van der Waals surface area (Å²) in [6.07, 6.45) is 5.12. The molecule has 1 heterocycles. The van der Waals surface area contributed by atoms with Crippen molar-refractivity contribution < 1.29 is 14.3 Å². The van der Waals surface area contributed by atoms with E-state index >= 15 is 0 Å². The maximum absolute atomic E-state index is 11.0. The SMILES string of the molecule is COc1cc(C=O)cc2c1O[C@@H]1[C@@H]3CC[C@@H](C3)[C@@H]21. The lowest BCUT2D eigenvalue weighted by Gasteiger charge is -2.23. The molecule has 4 rings (SSSR count). The van der Waals surface area contributed by atoms with E-state index in [1.165, 1.54) is 24.8 Å². The number of carbonyl (C=O) groups is 1. The number of benzene rings is 1. The van der Waals surface area contributed by atoms with E-state index < -0.39 is 0 Å². The van der Waals surface area contributed by atoms with Gasteiger partial charge in [0, 0.05) is 17.0 Å². The largest absolute Gasteiger partial charge is 0.493 e. The summed E-state index contributed by atoms with van der Waals surface area (Å²) < 4.78 is 11.5. The van der Waals surface area contributed by atoms with Crippen molar-refractivity contribution in [2.24, 2.45) is 11.8 Å². The Morgan fingerprint density at radius 2 is 2.17 bits per heavy atom. The lowest BCUT2D eigenvalue weighted by atomic mass is 9.82. The van der Waals surface area contributed by atoms with E-state index in [0.29, 0.717) is 29.3 Å². The molecule has 1 aliphatic heterocycles. The van der Waals surface area contributed by atoms with Crippen LogP contribution >= 0.6 is 0 Å². The number of rotatable bonds is 2. The van der Waals surface area contributed by atoms with Gasteiger partial charge in [-0.15, -0.1) is 0 Å². The molecule has 4 atom stereocenters. The Bertz CT molecular complexity index is 523. The fourth-order valence-electron chi connectivity index (χ4n) is 4.21. The summed E-state index contributed by atoms with van der Waals surface area (Å²) in [6.45, 7) is 0. The fraction of sp³-hybridized carbons (Fsp3) is 0.533. The van der Waals surface area contributed by atoms with E-state index in [1.54, 1.807) is 13.2 Å². The van der Waals surface area contributed by atoms with Crippen molar-refractivity contribution >= 4 is 6.29 Å². The minimum absolute atomic E-state index is 0.328. The van der Waals surface area contributed by atoms with Crippen molar-refractivity contribution in [3.05, 3.63) is 23.3 Å². The molecule has 1 aromatic rings. The van der Waals surface area contributed by atoms with Crippen LogP contribution in [-0.2, 0) is 0 Å². The summed E-state index contributed by atoms with van der Waals surface area (Å²) in [5.74, 6) is 3.54. The van der Waals surface area contributed by atoms with E-state index in [-0.39, 0.29) is 0 Å². The van der Waals surface area contributed by atoms with Gasteiger partial charge in [0.05, 0.1) is 7.11 Å². The van der Waals surface area contributed by atoms with E-state index in [0.717, 1.165) is 18.0 Å². The molecule has 18 heavy (non-hydrogen) atoms. The first kappa shape index (κ1) is 10.4. The Hall–Kier alpha value is -1.51. The Balaban J connectivity index is 1.86. The summed E-state index contributed by atoms with van der Waals surface area (Å²) in [5, 5.41) is 0. The van der Waals surface area contributed by atoms with Crippen LogP contribution in [0.4, 0.5) is 0 Å². The molecule has 0 aromatic heterocycles. The summed E-state index contributed by atoms with van der Waals surface area (Å²) in [4.78, 5) is 11.0. The highest BCUT2D eigenvalue weighted by molar-refractivity contribution is 5.78. The van der Waals surface area contributed by atoms with Crippen LogP contribution in [-0.4, -0.2) is 19.5 Å². The van der Waals surface area contributed by atoms with Gasteiger partial charge in [-0.1, -0.05) is 0 Å². The molecule has 3 heteroatoms. The maximum atomic E-state index is 11.0. The molecule has 2 aliphatic carbocycles. The first-order chi connectivity index (χ1) is 8.81. The standard InChI is InChI=1S/C15H16O3/c1-17-12-5-8(7-16)4-11-13-9-2-3-10(6-9)14(13)18-15(11)12/h4-5,7,9-10,13-14H,2-3,6H2,1H3/t9-,10+,13-,14+/m0/s1. The predicted octanol–water partition coefficient (Wildman–Crippen LogP) is 2.78.